The summed E-state index contributed by atoms with van der Waals surface area (Å²) >= 11 is 0. The Hall–Kier alpha value is -3.78. The summed E-state index contributed by atoms with van der Waals surface area (Å²) in [6.45, 7) is 2.01. The average molecular weight is 428 g/mol. The predicted molar refractivity (Wildman–Crippen MR) is 120 cm³/mol. The zero-order chi connectivity index (χ0) is 21.9. The molecule has 5 rings (SSSR count). The smallest absolute Gasteiger partial charge is 0.263 e. The molecule has 8 heteroatoms. The number of piperidine rings is 1. The fraction of sp³-hybridized carbons (Fsp3) is 0.250. The molecule has 0 aliphatic carbocycles. The number of primary amides is 1. The molecule has 4 aromatic heterocycles. The van der Waals surface area contributed by atoms with Crippen molar-refractivity contribution in [3.05, 3.63) is 78.5 Å². The van der Waals surface area contributed by atoms with Crippen molar-refractivity contribution in [1.82, 2.24) is 24.9 Å². The van der Waals surface area contributed by atoms with Crippen molar-refractivity contribution in [2.45, 2.75) is 24.9 Å². The highest BCUT2D eigenvalue weighted by Crippen LogP contribution is 2.29. The minimum Gasteiger partial charge on any atom is -0.476 e. The molecule has 0 spiro atoms. The third-order valence-corrected chi connectivity index (χ3v) is 5.77. The van der Waals surface area contributed by atoms with Crippen LogP contribution in [0.1, 0.15) is 36.1 Å². The molecular weight excluding hydrogens is 404 g/mol. The topological polar surface area (TPSA) is 107 Å². The number of fused-ring (bicyclic) bond motifs is 1. The second-order valence-electron chi connectivity index (χ2n) is 7.92. The number of rotatable bonds is 6. The molecule has 3 N–H and O–H groups in total. The van der Waals surface area contributed by atoms with Crippen molar-refractivity contribution in [2.24, 2.45) is 5.73 Å². The fourth-order valence-corrected chi connectivity index (χ4v) is 4.13. The molecule has 5 heterocycles. The number of amides is 1. The molecule has 1 saturated heterocycles. The van der Waals surface area contributed by atoms with Crippen LogP contribution in [0.25, 0.3) is 16.8 Å². The second-order valence-corrected chi connectivity index (χ2v) is 7.92. The van der Waals surface area contributed by atoms with Gasteiger partial charge >= 0.3 is 0 Å². The largest absolute Gasteiger partial charge is 0.476 e. The van der Waals surface area contributed by atoms with E-state index in [2.05, 4.69) is 21.5 Å². The molecule has 0 saturated carbocycles. The van der Waals surface area contributed by atoms with Crippen LogP contribution in [0.4, 0.5) is 0 Å². The van der Waals surface area contributed by atoms with E-state index in [1.165, 1.54) is 0 Å². The van der Waals surface area contributed by atoms with Gasteiger partial charge in [-0.2, -0.15) is 5.10 Å². The number of hydrogen-bond donors (Lipinski definition) is 2. The van der Waals surface area contributed by atoms with Gasteiger partial charge in [0.05, 0.1) is 17.4 Å². The maximum atomic E-state index is 12.2. The zero-order valence-corrected chi connectivity index (χ0v) is 17.5. The first-order valence-electron chi connectivity index (χ1n) is 10.7. The number of hydrogen-bond acceptors (Lipinski definition) is 6. The van der Waals surface area contributed by atoms with Crippen LogP contribution >= 0.6 is 0 Å². The Bertz CT molecular complexity index is 1230. The molecular formula is C24H24N6O2. The number of carbonyl (C=O) groups is 1. The van der Waals surface area contributed by atoms with E-state index in [0.717, 1.165) is 48.4 Å². The molecule has 32 heavy (non-hydrogen) atoms. The summed E-state index contributed by atoms with van der Waals surface area (Å²) in [7, 11) is 0. The van der Waals surface area contributed by atoms with E-state index in [1.807, 2.05) is 18.2 Å². The number of nitrogens with two attached hydrogens (primary N) is 1. The second kappa shape index (κ2) is 8.76. The van der Waals surface area contributed by atoms with Gasteiger partial charge in [0.1, 0.15) is 5.75 Å². The van der Waals surface area contributed by atoms with Crippen molar-refractivity contribution >= 4 is 11.4 Å². The lowest BCUT2D eigenvalue weighted by atomic mass is 9.95. The van der Waals surface area contributed by atoms with Gasteiger partial charge in [-0.1, -0.05) is 6.07 Å². The summed E-state index contributed by atoms with van der Waals surface area (Å²) in [4.78, 5) is 21.1. The Kier molecular flexibility index (Phi) is 5.51. The van der Waals surface area contributed by atoms with Gasteiger partial charge in [0.15, 0.2) is 0 Å². The summed E-state index contributed by atoms with van der Waals surface area (Å²) in [6.07, 6.45) is 8.16. The van der Waals surface area contributed by atoms with Crippen molar-refractivity contribution < 1.29 is 9.53 Å². The number of nitrogens with one attached hydrogen (secondary N) is 1. The maximum absolute atomic E-state index is 12.2. The van der Waals surface area contributed by atoms with Gasteiger partial charge in [0, 0.05) is 47.9 Å². The van der Waals surface area contributed by atoms with Gasteiger partial charge < -0.3 is 15.8 Å². The Labute approximate surface area is 185 Å². The molecule has 1 aliphatic rings. The number of pyridine rings is 3. The monoisotopic (exact) mass is 428 g/mol. The summed E-state index contributed by atoms with van der Waals surface area (Å²) in [5, 5.41) is 7.92. The van der Waals surface area contributed by atoms with Gasteiger partial charge in [0.25, 0.3) is 5.91 Å². The Morgan fingerprint density at radius 3 is 2.88 bits per heavy atom. The summed E-state index contributed by atoms with van der Waals surface area (Å²) in [5.41, 5.74) is 9.98. The molecule has 4 aromatic rings. The molecule has 0 radical (unpaired) electrons. The van der Waals surface area contributed by atoms with E-state index in [1.54, 1.807) is 47.5 Å². The van der Waals surface area contributed by atoms with Gasteiger partial charge in [-0.25, -0.2) is 4.52 Å². The fourth-order valence-electron chi connectivity index (χ4n) is 4.13. The SMILES string of the molecule is NC(=O)C(Oc1ccncc1)c1ccn2ncc(-c3cccc(C4CCCNC4)n3)c2c1. The molecule has 162 valence electrons. The van der Waals surface area contributed by atoms with Crippen molar-refractivity contribution in [2.75, 3.05) is 13.1 Å². The van der Waals surface area contributed by atoms with Crippen LogP contribution in [0.2, 0.25) is 0 Å². The molecule has 0 aromatic carbocycles. The summed E-state index contributed by atoms with van der Waals surface area (Å²) in [6, 6.07) is 13.2. The first-order valence-corrected chi connectivity index (χ1v) is 10.7. The van der Waals surface area contributed by atoms with Crippen LogP contribution in [-0.2, 0) is 4.79 Å². The van der Waals surface area contributed by atoms with Crippen LogP contribution in [0, 0.1) is 0 Å². The van der Waals surface area contributed by atoms with Crippen LogP contribution in [0.3, 0.4) is 0 Å². The van der Waals surface area contributed by atoms with Crippen LogP contribution < -0.4 is 15.8 Å². The number of aromatic nitrogens is 4. The Morgan fingerprint density at radius 2 is 2.09 bits per heavy atom. The maximum Gasteiger partial charge on any atom is 0.263 e. The van der Waals surface area contributed by atoms with Crippen LogP contribution in [0.5, 0.6) is 5.75 Å². The van der Waals surface area contributed by atoms with Gasteiger partial charge in [-0.15, -0.1) is 0 Å². The number of nitrogens with zero attached hydrogens (tertiary/aromatic N) is 4. The number of ether oxygens (including phenoxy) is 1. The van der Waals surface area contributed by atoms with E-state index < -0.39 is 12.0 Å². The lowest BCUT2D eigenvalue weighted by Gasteiger charge is -2.22. The van der Waals surface area contributed by atoms with Gasteiger partial charge in [0.2, 0.25) is 6.10 Å². The minimum atomic E-state index is -0.933. The highest BCUT2D eigenvalue weighted by atomic mass is 16.5. The van der Waals surface area contributed by atoms with Gasteiger partial charge in [-0.3, -0.25) is 14.8 Å². The number of carbonyl (C=O) groups excluding carboxylic acids is 1. The molecule has 8 nitrogen and oxygen atoms in total. The molecule has 1 amide bonds. The van der Waals surface area contributed by atoms with Crippen LogP contribution in [0.15, 0.2) is 67.3 Å². The van der Waals surface area contributed by atoms with E-state index in [9.17, 15) is 4.79 Å². The van der Waals surface area contributed by atoms with Crippen molar-refractivity contribution in [3.8, 4) is 17.0 Å². The summed E-state index contributed by atoms with van der Waals surface area (Å²) < 4.78 is 7.63. The van der Waals surface area contributed by atoms with E-state index in [4.69, 9.17) is 15.5 Å². The predicted octanol–water partition coefficient (Wildman–Crippen LogP) is 2.86. The van der Waals surface area contributed by atoms with Crippen molar-refractivity contribution in [1.29, 1.82) is 0 Å². The summed E-state index contributed by atoms with van der Waals surface area (Å²) in [5.74, 6) is 0.360. The van der Waals surface area contributed by atoms with E-state index in [0.29, 0.717) is 17.2 Å². The first-order chi connectivity index (χ1) is 15.7. The zero-order valence-electron chi connectivity index (χ0n) is 17.5. The third-order valence-electron chi connectivity index (χ3n) is 5.77. The van der Waals surface area contributed by atoms with Crippen molar-refractivity contribution in [3.63, 3.8) is 0 Å². The molecule has 2 unspecified atom stereocenters. The van der Waals surface area contributed by atoms with E-state index in [-0.39, 0.29) is 0 Å². The normalized spacial score (nSPS) is 17.2. The molecule has 1 fully saturated rings. The standard InChI is InChI=1S/C24H24N6O2/c25-24(31)23(32-18-6-10-26-11-7-18)16-8-12-30-22(13-16)19(15-28-30)21-5-1-4-20(29-21)17-3-2-9-27-14-17/h1,4-8,10-13,15,17,23,27H,2-3,9,14H2,(H2,25,31). The Morgan fingerprint density at radius 1 is 1.22 bits per heavy atom. The average Bonchev–Trinajstić information content (AvgIpc) is 3.27. The lowest BCUT2D eigenvalue weighted by Crippen LogP contribution is -2.28. The van der Waals surface area contributed by atoms with Crippen LogP contribution in [-0.4, -0.2) is 38.6 Å². The molecule has 2 atom stereocenters. The lowest BCUT2D eigenvalue weighted by molar-refractivity contribution is -0.125. The quantitative estimate of drug-likeness (QED) is 0.489. The molecule has 0 bridgehead atoms. The Balaban J connectivity index is 1.50. The highest BCUT2D eigenvalue weighted by molar-refractivity contribution is 5.83. The first kappa shape index (κ1) is 20.1. The van der Waals surface area contributed by atoms with Gasteiger partial charge in [-0.05, 0) is 55.8 Å². The highest BCUT2D eigenvalue weighted by Gasteiger charge is 2.22. The molecule has 1 aliphatic heterocycles. The third kappa shape index (κ3) is 4.04. The van der Waals surface area contributed by atoms with E-state index >= 15 is 0 Å². The minimum absolute atomic E-state index is 0.411.